The first-order valence-corrected chi connectivity index (χ1v) is 7.02. The van der Waals surface area contributed by atoms with Crippen LogP contribution in [0.2, 0.25) is 0 Å². The van der Waals surface area contributed by atoms with Crippen LogP contribution < -0.4 is 5.32 Å². The minimum Gasteiger partial charge on any atom is -0.315 e. The lowest BCUT2D eigenvalue weighted by Crippen LogP contribution is -2.37. The first kappa shape index (κ1) is 15.9. The van der Waals surface area contributed by atoms with Gasteiger partial charge in [0.05, 0.1) is 0 Å². The van der Waals surface area contributed by atoms with E-state index in [1.54, 1.807) is 0 Å². The van der Waals surface area contributed by atoms with Crippen molar-refractivity contribution in [2.45, 2.75) is 59.9 Å². The van der Waals surface area contributed by atoms with Crippen LogP contribution in [0.25, 0.3) is 0 Å². The normalized spacial score (nSPS) is 12.0. The molecule has 0 spiro atoms. The van der Waals surface area contributed by atoms with Gasteiger partial charge < -0.3 is 5.32 Å². The molecule has 0 aliphatic heterocycles. The van der Waals surface area contributed by atoms with Crippen molar-refractivity contribution in [2.75, 3.05) is 26.2 Å². The maximum Gasteiger partial charge on any atom is 0.0110 e. The van der Waals surface area contributed by atoms with Gasteiger partial charge in [-0.15, -0.1) is 0 Å². The first-order valence-electron chi connectivity index (χ1n) is 7.02. The molecule has 2 heteroatoms. The second kappa shape index (κ2) is 10.1. The SMILES string of the molecule is CCCN(CCNCCCC(C)C)C(C)C. The Balaban J connectivity index is 3.40. The molecule has 0 saturated heterocycles. The highest BCUT2D eigenvalue weighted by molar-refractivity contribution is 4.63. The summed E-state index contributed by atoms with van der Waals surface area (Å²) < 4.78 is 0. The smallest absolute Gasteiger partial charge is 0.0110 e. The van der Waals surface area contributed by atoms with Gasteiger partial charge in [0.2, 0.25) is 0 Å². The summed E-state index contributed by atoms with van der Waals surface area (Å²) in [4.78, 5) is 2.55. The van der Waals surface area contributed by atoms with Crippen LogP contribution in [0.1, 0.15) is 53.9 Å². The van der Waals surface area contributed by atoms with Gasteiger partial charge in [-0.05, 0) is 52.1 Å². The van der Waals surface area contributed by atoms with Gasteiger partial charge in [-0.3, -0.25) is 4.90 Å². The summed E-state index contributed by atoms with van der Waals surface area (Å²) in [6.45, 7) is 16.1. The van der Waals surface area contributed by atoms with Gasteiger partial charge in [-0.1, -0.05) is 20.8 Å². The molecule has 0 saturated carbocycles. The quantitative estimate of drug-likeness (QED) is 0.578. The summed E-state index contributed by atoms with van der Waals surface area (Å²) in [5.74, 6) is 0.842. The highest BCUT2D eigenvalue weighted by atomic mass is 15.2. The molecule has 0 aliphatic rings. The molecule has 0 aromatic carbocycles. The minimum atomic E-state index is 0.678. The van der Waals surface area contributed by atoms with E-state index < -0.39 is 0 Å². The third-order valence-corrected chi connectivity index (χ3v) is 2.95. The van der Waals surface area contributed by atoms with E-state index in [-0.39, 0.29) is 0 Å². The number of hydrogen-bond acceptors (Lipinski definition) is 2. The zero-order chi connectivity index (χ0) is 12.4. The number of rotatable bonds is 10. The molecule has 0 aromatic rings. The Bertz CT molecular complexity index is 144. The van der Waals surface area contributed by atoms with Crippen molar-refractivity contribution in [3.63, 3.8) is 0 Å². The van der Waals surface area contributed by atoms with Crippen molar-refractivity contribution in [3.05, 3.63) is 0 Å². The Morgan fingerprint density at radius 2 is 1.69 bits per heavy atom. The number of nitrogens with zero attached hydrogens (tertiary/aromatic N) is 1. The van der Waals surface area contributed by atoms with Crippen LogP contribution in [0.15, 0.2) is 0 Å². The van der Waals surface area contributed by atoms with Crippen LogP contribution in [0.5, 0.6) is 0 Å². The van der Waals surface area contributed by atoms with E-state index in [9.17, 15) is 0 Å². The standard InChI is InChI=1S/C14H32N2/c1-6-11-16(14(4)5)12-10-15-9-7-8-13(2)3/h13-15H,6-12H2,1-5H3. The maximum absolute atomic E-state index is 3.54. The lowest BCUT2D eigenvalue weighted by atomic mass is 10.1. The largest absolute Gasteiger partial charge is 0.315 e. The van der Waals surface area contributed by atoms with Crippen molar-refractivity contribution < 1.29 is 0 Å². The van der Waals surface area contributed by atoms with Crippen molar-refractivity contribution in [1.82, 2.24) is 10.2 Å². The molecule has 2 nitrogen and oxygen atoms in total. The summed E-state index contributed by atoms with van der Waals surface area (Å²) in [6, 6.07) is 0.678. The molecule has 0 atom stereocenters. The summed E-state index contributed by atoms with van der Waals surface area (Å²) in [7, 11) is 0. The van der Waals surface area contributed by atoms with Crippen molar-refractivity contribution >= 4 is 0 Å². The molecule has 0 aliphatic carbocycles. The minimum absolute atomic E-state index is 0.678. The van der Waals surface area contributed by atoms with Gasteiger partial charge in [0.15, 0.2) is 0 Å². The van der Waals surface area contributed by atoms with E-state index in [1.807, 2.05) is 0 Å². The van der Waals surface area contributed by atoms with Crippen LogP contribution in [-0.2, 0) is 0 Å². The van der Waals surface area contributed by atoms with E-state index in [2.05, 4.69) is 44.8 Å². The van der Waals surface area contributed by atoms with Gasteiger partial charge in [-0.25, -0.2) is 0 Å². The third-order valence-electron chi connectivity index (χ3n) is 2.95. The van der Waals surface area contributed by atoms with Crippen LogP contribution in [0, 0.1) is 5.92 Å². The zero-order valence-corrected chi connectivity index (χ0v) is 12.1. The van der Waals surface area contributed by atoms with Gasteiger partial charge >= 0.3 is 0 Å². The Kier molecular flexibility index (Phi) is 10.0. The molecule has 98 valence electrons. The van der Waals surface area contributed by atoms with Crippen molar-refractivity contribution in [2.24, 2.45) is 5.92 Å². The molecule has 0 aromatic heterocycles. The Labute approximate surface area is 103 Å². The van der Waals surface area contributed by atoms with E-state index in [0.717, 1.165) is 12.5 Å². The average Bonchev–Trinajstić information content (AvgIpc) is 2.20. The Morgan fingerprint density at radius 3 is 2.19 bits per heavy atom. The topological polar surface area (TPSA) is 15.3 Å². The van der Waals surface area contributed by atoms with Crippen LogP contribution in [0.3, 0.4) is 0 Å². The second-order valence-electron chi connectivity index (χ2n) is 5.42. The molecule has 0 heterocycles. The number of hydrogen-bond donors (Lipinski definition) is 1. The van der Waals surface area contributed by atoms with Crippen LogP contribution in [0.4, 0.5) is 0 Å². The molecule has 1 N–H and O–H groups in total. The molecular weight excluding hydrogens is 196 g/mol. The predicted octanol–water partition coefficient (Wildman–Crippen LogP) is 3.13. The monoisotopic (exact) mass is 228 g/mol. The van der Waals surface area contributed by atoms with E-state index >= 15 is 0 Å². The van der Waals surface area contributed by atoms with Crippen molar-refractivity contribution in [3.8, 4) is 0 Å². The molecule has 0 bridgehead atoms. The van der Waals surface area contributed by atoms with Crippen LogP contribution in [-0.4, -0.2) is 37.1 Å². The molecular formula is C14H32N2. The van der Waals surface area contributed by atoms with E-state index in [1.165, 1.54) is 38.9 Å². The Hall–Kier alpha value is -0.0800. The molecule has 0 radical (unpaired) electrons. The molecule has 16 heavy (non-hydrogen) atoms. The zero-order valence-electron chi connectivity index (χ0n) is 12.1. The van der Waals surface area contributed by atoms with Gasteiger partial charge in [0.1, 0.15) is 0 Å². The van der Waals surface area contributed by atoms with Crippen molar-refractivity contribution in [1.29, 1.82) is 0 Å². The summed E-state index contributed by atoms with van der Waals surface area (Å²) in [5, 5.41) is 3.54. The highest BCUT2D eigenvalue weighted by Crippen LogP contribution is 2.02. The highest BCUT2D eigenvalue weighted by Gasteiger charge is 2.06. The summed E-state index contributed by atoms with van der Waals surface area (Å²) >= 11 is 0. The van der Waals surface area contributed by atoms with Gasteiger partial charge in [0.25, 0.3) is 0 Å². The fourth-order valence-corrected chi connectivity index (χ4v) is 1.90. The molecule has 0 amide bonds. The molecule has 0 unspecified atom stereocenters. The summed E-state index contributed by atoms with van der Waals surface area (Å²) in [5.41, 5.74) is 0. The lowest BCUT2D eigenvalue weighted by Gasteiger charge is -2.26. The second-order valence-corrected chi connectivity index (χ2v) is 5.42. The van der Waals surface area contributed by atoms with Gasteiger partial charge in [0, 0.05) is 19.1 Å². The van der Waals surface area contributed by atoms with Crippen LogP contribution >= 0.6 is 0 Å². The number of nitrogens with one attached hydrogen (secondary N) is 1. The van der Waals surface area contributed by atoms with E-state index in [0.29, 0.717) is 6.04 Å². The maximum atomic E-state index is 3.54. The predicted molar refractivity (Wildman–Crippen MR) is 73.9 cm³/mol. The lowest BCUT2D eigenvalue weighted by molar-refractivity contribution is 0.222. The summed E-state index contributed by atoms with van der Waals surface area (Å²) in [6.07, 6.45) is 3.91. The first-order chi connectivity index (χ1) is 7.57. The fraction of sp³-hybridized carbons (Fsp3) is 1.00. The van der Waals surface area contributed by atoms with E-state index in [4.69, 9.17) is 0 Å². The van der Waals surface area contributed by atoms with Gasteiger partial charge in [-0.2, -0.15) is 0 Å². The molecule has 0 fully saturated rings. The third kappa shape index (κ3) is 9.17. The average molecular weight is 228 g/mol. The Morgan fingerprint density at radius 1 is 1.00 bits per heavy atom. The molecule has 0 rings (SSSR count). The fourth-order valence-electron chi connectivity index (χ4n) is 1.90.